The van der Waals surface area contributed by atoms with Crippen molar-refractivity contribution in [3.63, 3.8) is 0 Å². The molecule has 0 radical (unpaired) electrons. The van der Waals surface area contributed by atoms with E-state index in [1.54, 1.807) is 32.0 Å². The van der Waals surface area contributed by atoms with Gasteiger partial charge < -0.3 is 38.5 Å². The largest absolute Gasteiger partial charge is 0.491 e. The molecule has 1 amide bonds. The molecule has 1 aliphatic carbocycles. The van der Waals surface area contributed by atoms with E-state index in [1.165, 1.54) is 0 Å². The van der Waals surface area contributed by atoms with Gasteiger partial charge in [0.2, 0.25) is 5.91 Å². The number of carbonyl (C=O) groups excluding carboxylic acids is 1. The van der Waals surface area contributed by atoms with E-state index in [-0.39, 0.29) is 17.5 Å². The summed E-state index contributed by atoms with van der Waals surface area (Å²) < 4.78 is 30.3. The number of benzene rings is 2. The normalized spacial score (nSPS) is 18.7. The van der Waals surface area contributed by atoms with Crippen LogP contribution in [0.2, 0.25) is 10.0 Å². The fourth-order valence-corrected chi connectivity index (χ4v) is 7.76. The summed E-state index contributed by atoms with van der Waals surface area (Å²) in [5, 5.41) is 4.38. The highest BCUT2D eigenvalue weighted by molar-refractivity contribution is 6.37. The average molecular weight is 759 g/mol. The van der Waals surface area contributed by atoms with Crippen molar-refractivity contribution in [1.82, 2.24) is 14.8 Å². The lowest BCUT2D eigenvalue weighted by Gasteiger charge is -2.44. The molecular formula is C40H53Cl2N3O7. The molecule has 12 heteroatoms. The van der Waals surface area contributed by atoms with Gasteiger partial charge in [-0.3, -0.25) is 9.59 Å². The number of aromatic nitrogens is 1. The minimum absolute atomic E-state index is 0.0744. The minimum atomic E-state index is -0.759. The summed E-state index contributed by atoms with van der Waals surface area (Å²) in [4.78, 5) is 29.9. The molecular weight excluding hydrogens is 705 g/mol. The number of aryl methyl sites for hydroxylation is 3. The van der Waals surface area contributed by atoms with Crippen molar-refractivity contribution in [2.75, 3.05) is 60.8 Å². The van der Waals surface area contributed by atoms with E-state index in [0.29, 0.717) is 81.1 Å². The molecule has 3 aromatic rings. The second-order valence-corrected chi connectivity index (χ2v) is 14.7. The number of hydrogen-bond acceptors (Lipinski definition) is 8. The van der Waals surface area contributed by atoms with Crippen molar-refractivity contribution in [3.8, 4) is 11.5 Å². The van der Waals surface area contributed by atoms with E-state index >= 15 is 0 Å². The summed E-state index contributed by atoms with van der Waals surface area (Å²) in [6.45, 7) is 6.08. The van der Waals surface area contributed by atoms with E-state index in [0.717, 1.165) is 60.2 Å². The SMILES string of the molecule is COCCCc1cc(CN(C(=O)C2CNCCC2(Cc2ccn(CCCOc3c(Cl)cc(C)cc3Cl)c(=O)c2)OC)C2CC2)cc(OCCOC)c1. The van der Waals surface area contributed by atoms with Gasteiger partial charge in [-0.25, -0.2) is 0 Å². The third-order valence-electron chi connectivity index (χ3n) is 9.93. The van der Waals surface area contributed by atoms with E-state index < -0.39 is 11.5 Å². The summed E-state index contributed by atoms with van der Waals surface area (Å²) in [7, 11) is 5.05. The Morgan fingerprint density at radius 1 is 0.923 bits per heavy atom. The first-order chi connectivity index (χ1) is 25.2. The van der Waals surface area contributed by atoms with Crippen molar-refractivity contribution < 1.29 is 28.5 Å². The van der Waals surface area contributed by atoms with Crippen LogP contribution < -0.4 is 20.3 Å². The molecule has 1 aliphatic heterocycles. The zero-order chi connectivity index (χ0) is 37.1. The number of halogens is 2. The van der Waals surface area contributed by atoms with Gasteiger partial charge in [0.1, 0.15) is 12.4 Å². The van der Waals surface area contributed by atoms with Gasteiger partial charge in [0.25, 0.3) is 5.56 Å². The second-order valence-electron chi connectivity index (χ2n) is 13.9. The fourth-order valence-electron chi connectivity index (χ4n) is 7.05. The van der Waals surface area contributed by atoms with E-state index in [2.05, 4.69) is 17.4 Å². The molecule has 0 bridgehead atoms. The van der Waals surface area contributed by atoms with Crippen LogP contribution in [0.3, 0.4) is 0 Å². The average Bonchev–Trinajstić information content (AvgIpc) is 3.96. The van der Waals surface area contributed by atoms with Crippen LogP contribution in [-0.4, -0.2) is 87.9 Å². The molecule has 52 heavy (non-hydrogen) atoms. The van der Waals surface area contributed by atoms with Gasteiger partial charge in [-0.15, -0.1) is 0 Å². The van der Waals surface area contributed by atoms with Crippen LogP contribution in [0, 0.1) is 12.8 Å². The highest BCUT2D eigenvalue weighted by atomic mass is 35.5. The second kappa shape index (κ2) is 19.3. The van der Waals surface area contributed by atoms with E-state index in [9.17, 15) is 9.59 Å². The first-order valence-corrected chi connectivity index (χ1v) is 19.0. The predicted molar refractivity (Wildman–Crippen MR) is 204 cm³/mol. The van der Waals surface area contributed by atoms with Gasteiger partial charge in [0, 0.05) is 72.3 Å². The van der Waals surface area contributed by atoms with Crippen LogP contribution in [0.15, 0.2) is 53.5 Å². The molecule has 2 aliphatic rings. The molecule has 2 atom stereocenters. The smallest absolute Gasteiger partial charge is 0.250 e. The molecule has 2 aromatic carbocycles. The number of piperidine rings is 1. The number of pyridine rings is 1. The first-order valence-electron chi connectivity index (χ1n) is 18.2. The number of amides is 1. The Kier molecular flexibility index (Phi) is 14.9. The molecule has 284 valence electrons. The Labute approximate surface area is 317 Å². The number of nitrogens with one attached hydrogen (secondary N) is 1. The summed E-state index contributed by atoms with van der Waals surface area (Å²) in [6.07, 6.45) is 7.21. The Balaban J connectivity index is 1.28. The van der Waals surface area contributed by atoms with Crippen LogP contribution in [0.5, 0.6) is 11.5 Å². The molecule has 10 nitrogen and oxygen atoms in total. The van der Waals surface area contributed by atoms with Crippen molar-refractivity contribution in [1.29, 1.82) is 0 Å². The maximum absolute atomic E-state index is 14.6. The molecule has 2 heterocycles. The lowest BCUT2D eigenvalue weighted by atomic mass is 9.76. The molecule has 5 rings (SSSR count). The standard InChI is InChI=1S/C40H53Cl2N3O7/c1-28-19-35(41)38(36(42)20-28)52-16-6-13-44-14-10-30(24-37(44)46)25-40(50-4)11-12-43-26-34(40)39(47)45(32-8-9-32)27-31-21-29(7-5-15-48-2)22-33(23-31)51-18-17-49-3/h10,14,19-24,32,34,43H,5-9,11-13,15-18,25-27H2,1-4H3. The van der Waals surface area contributed by atoms with Crippen LogP contribution in [0.25, 0.3) is 0 Å². The monoisotopic (exact) mass is 757 g/mol. The maximum atomic E-state index is 14.6. The van der Waals surface area contributed by atoms with E-state index in [4.69, 9.17) is 46.9 Å². The predicted octanol–water partition coefficient (Wildman–Crippen LogP) is 6.27. The number of methoxy groups -OCH3 is 3. The van der Waals surface area contributed by atoms with Gasteiger partial charge in [0.15, 0.2) is 5.75 Å². The molecule has 2 unspecified atom stereocenters. The molecule has 1 aromatic heterocycles. The molecule has 1 saturated heterocycles. The third kappa shape index (κ3) is 10.7. The molecule has 0 spiro atoms. The number of hydrogen-bond donors (Lipinski definition) is 1. The summed E-state index contributed by atoms with van der Waals surface area (Å²) >= 11 is 12.6. The summed E-state index contributed by atoms with van der Waals surface area (Å²) in [5.74, 6) is 0.883. The van der Waals surface area contributed by atoms with Crippen molar-refractivity contribution in [3.05, 3.63) is 91.3 Å². The van der Waals surface area contributed by atoms with Crippen LogP contribution in [-0.2, 0) is 44.9 Å². The Morgan fingerprint density at radius 3 is 2.37 bits per heavy atom. The van der Waals surface area contributed by atoms with Gasteiger partial charge in [-0.05, 0) is 105 Å². The molecule has 2 fully saturated rings. The maximum Gasteiger partial charge on any atom is 0.250 e. The number of rotatable bonds is 20. The number of nitrogens with zero attached hydrogens (tertiary/aromatic N) is 2. The van der Waals surface area contributed by atoms with Crippen LogP contribution in [0.4, 0.5) is 0 Å². The van der Waals surface area contributed by atoms with Crippen LogP contribution >= 0.6 is 23.2 Å². The summed E-state index contributed by atoms with van der Waals surface area (Å²) in [6, 6.07) is 13.7. The lowest BCUT2D eigenvalue weighted by molar-refractivity contribution is -0.153. The van der Waals surface area contributed by atoms with Crippen molar-refractivity contribution in [2.45, 2.75) is 76.6 Å². The van der Waals surface area contributed by atoms with Gasteiger partial charge in [0.05, 0.1) is 34.8 Å². The Morgan fingerprint density at radius 2 is 1.67 bits per heavy atom. The molecule has 1 saturated carbocycles. The quantitative estimate of drug-likeness (QED) is 0.135. The Bertz CT molecular complexity index is 1650. The highest BCUT2D eigenvalue weighted by Gasteiger charge is 2.48. The Hall–Kier alpha value is -3.12. The van der Waals surface area contributed by atoms with Gasteiger partial charge in [-0.1, -0.05) is 29.3 Å². The number of carbonyl (C=O) groups is 1. The lowest BCUT2D eigenvalue weighted by Crippen LogP contribution is -2.59. The fraction of sp³-hybridized carbons (Fsp3) is 0.550. The topological polar surface area (TPSA) is 100 Å². The summed E-state index contributed by atoms with van der Waals surface area (Å²) in [5.41, 5.74) is 3.12. The van der Waals surface area contributed by atoms with Gasteiger partial charge >= 0.3 is 0 Å². The number of ether oxygens (including phenoxy) is 5. The molecule has 1 N–H and O–H groups in total. The van der Waals surface area contributed by atoms with Gasteiger partial charge in [-0.2, -0.15) is 0 Å². The minimum Gasteiger partial charge on any atom is -0.491 e. The third-order valence-corrected chi connectivity index (χ3v) is 10.5. The van der Waals surface area contributed by atoms with Crippen LogP contribution in [0.1, 0.15) is 54.4 Å². The first kappa shape index (κ1) is 40.1. The van der Waals surface area contributed by atoms with Crippen molar-refractivity contribution >= 4 is 29.1 Å². The van der Waals surface area contributed by atoms with Crippen molar-refractivity contribution in [2.24, 2.45) is 5.92 Å². The van der Waals surface area contributed by atoms with E-state index in [1.807, 2.05) is 42.3 Å². The zero-order valence-corrected chi connectivity index (χ0v) is 32.4. The highest BCUT2D eigenvalue weighted by Crippen LogP contribution is 2.38. The zero-order valence-electron chi connectivity index (χ0n) is 30.9.